The molecule has 1 N–H and O–H groups in total. The number of aromatic nitrogens is 1. The van der Waals surface area contributed by atoms with Crippen LogP contribution in [-0.2, 0) is 0 Å². The fourth-order valence-corrected chi connectivity index (χ4v) is 3.46. The van der Waals surface area contributed by atoms with E-state index in [1.165, 1.54) is 4.90 Å². The van der Waals surface area contributed by atoms with Crippen LogP contribution in [0, 0.1) is 0 Å². The van der Waals surface area contributed by atoms with Crippen molar-refractivity contribution in [3.8, 4) is 0 Å². The molecule has 0 fully saturated rings. The summed E-state index contributed by atoms with van der Waals surface area (Å²) in [5.74, 6) is 0. The lowest BCUT2D eigenvalue weighted by Gasteiger charge is -2.35. The number of nitrogens with zero attached hydrogens (tertiary/aromatic N) is 2. The molecule has 0 aliphatic carbocycles. The van der Waals surface area contributed by atoms with Gasteiger partial charge < -0.3 is 10.2 Å². The van der Waals surface area contributed by atoms with Crippen molar-refractivity contribution in [1.29, 1.82) is 0 Å². The molecule has 0 amide bonds. The summed E-state index contributed by atoms with van der Waals surface area (Å²) >= 11 is 7.39. The van der Waals surface area contributed by atoms with E-state index in [1.54, 1.807) is 11.8 Å². The maximum absolute atomic E-state index is 5.67. The quantitative estimate of drug-likeness (QED) is 0.610. The molecule has 0 bridgehead atoms. The van der Waals surface area contributed by atoms with Crippen LogP contribution in [0.15, 0.2) is 53.6 Å². The minimum Gasteiger partial charge on any atom is -0.338 e. The van der Waals surface area contributed by atoms with Gasteiger partial charge in [-0.3, -0.25) is 4.98 Å². The molecule has 2 aromatic rings. The van der Waals surface area contributed by atoms with Crippen molar-refractivity contribution in [2.24, 2.45) is 0 Å². The number of nitrogens with one attached hydrogen (secondary N) is 1. The molecule has 0 unspecified atom stereocenters. The second-order valence-corrected chi connectivity index (χ2v) is 6.86. The van der Waals surface area contributed by atoms with Crippen LogP contribution in [0.25, 0.3) is 0 Å². The van der Waals surface area contributed by atoms with Crippen LogP contribution in [-0.4, -0.2) is 27.3 Å². The van der Waals surface area contributed by atoms with Crippen molar-refractivity contribution in [1.82, 2.24) is 9.88 Å². The Bertz CT molecular complexity index is 644. The smallest absolute Gasteiger partial charge is 0.174 e. The highest BCUT2D eigenvalue weighted by Crippen LogP contribution is 2.24. The standard InChI is InChI=1S/C18H23N3S2/c1-13(2)21(14(3)17-10-5-6-11-19-17)18(22)20-15-8-7-9-16(12-15)23-4/h5-14H,1-4H3,(H,20,22)/t14-/m1/s1. The van der Waals surface area contributed by atoms with E-state index in [0.29, 0.717) is 0 Å². The van der Waals surface area contributed by atoms with Gasteiger partial charge in [0.15, 0.2) is 5.11 Å². The van der Waals surface area contributed by atoms with E-state index >= 15 is 0 Å². The molecule has 23 heavy (non-hydrogen) atoms. The van der Waals surface area contributed by atoms with Gasteiger partial charge in [-0.15, -0.1) is 11.8 Å². The monoisotopic (exact) mass is 345 g/mol. The summed E-state index contributed by atoms with van der Waals surface area (Å²) in [4.78, 5) is 7.86. The molecule has 0 saturated heterocycles. The molecule has 0 spiro atoms. The third kappa shape index (κ3) is 4.69. The minimum absolute atomic E-state index is 0.111. The van der Waals surface area contributed by atoms with Crippen molar-refractivity contribution >= 4 is 34.8 Å². The van der Waals surface area contributed by atoms with Gasteiger partial charge >= 0.3 is 0 Å². The predicted octanol–water partition coefficient (Wildman–Crippen LogP) is 4.97. The molecular formula is C18H23N3S2. The van der Waals surface area contributed by atoms with E-state index in [1.807, 2.05) is 36.5 Å². The molecule has 1 aromatic heterocycles. The SMILES string of the molecule is CSc1cccc(NC(=S)N(C(C)C)[C@H](C)c2ccccn2)c1. The lowest BCUT2D eigenvalue weighted by Crippen LogP contribution is -2.41. The normalized spacial score (nSPS) is 12.0. The summed E-state index contributed by atoms with van der Waals surface area (Å²) in [6.45, 7) is 6.42. The minimum atomic E-state index is 0.111. The average molecular weight is 346 g/mol. The second-order valence-electron chi connectivity index (χ2n) is 5.59. The summed E-state index contributed by atoms with van der Waals surface area (Å²) in [6, 6.07) is 14.6. The number of anilines is 1. The Morgan fingerprint density at radius 2 is 1.96 bits per heavy atom. The number of pyridine rings is 1. The van der Waals surface area contributed by atoms with Gasteiger partial charge in [-0.1, -0.05) is 12.1 Å². The first kappa shape index (κ1) is 17.8. The molecular weight excluding hydrogens is 322 g/mol. The van der Waals surface area contributed by atoms with Crippen molar-refractivity contribution in [3.63, 3.8) is 0 Å². The number of thiocarbonyl (C=S) groups is 1. The van der Waals surface area contributed by atoms with Gasteiger partial charge in [0.05, 0.1) is 11.7 Å². The maximum Gasteiger partial charge on any atom is 0.174 e. The summed E-state index contributed by atoms with van der Waals surface area (Å²) in [7, 11) is 0. The fraction of sp³-hybridized carbons (Fsp3) is 0.333. The Hall–Kier alpha value is -1.59. The molecule has 1 aromatic carbocycles. The lowest BCUT2D eigenvalue weighted by atomic mass is 10.1. The summed E-state index contributed by atoms with van der Waals surface area (Å²) in [6.07, 6.45) is 3.89. The van der Waals surface area contributed by atoms with Crippen LogP contribution in [0.2, 0.25) is 0 Å². The van der Waals surface area contributed by atoms with E-state index in [2.05, 4.69) is 54.4 Å². The average Bonchev–Trinajstić information content (AvgIpc) is 2.55. The first-order valence-corrected chi connectivity index (χ1v) is 9.30. The molecule has 0 radical (unpaired) electrons. The van der Waals surface area contributed by atoms with Crippen molar-refractivity contribution in [2.75, 3.05) is 11.6 Å². The first-order valence-electron chi connectivity index (χ1n) is 7.67. The second kappa shape index (κ2) is 8.31. The van der Waals surface area contributed by atoms with Crippen LogP contribution >= 0.6 is 24.0 Å². The Labute approximate surface area is 148 Å². The lowest BCUT2D eigenvalue weighted by molar-refractivity contribution is 0.280. The van der Waals surface area contributed by atoms with Gasteiger partial charge in [0.2, 0.25) is 0 Å². The van der Waals surface area contributed by atoms with Crippen LogP contribution < -0.4 is 5.32 Å². The van der Waals surface area contributed by atoms with E-state index in [0.717, 1.165) is 16.5 Å². The highest BCUT2D eigenvalue weighted by Gasteiger charge is 2.22. The van der Waals surface area contributed by atoms with Crippen molar-refractivity contribution in [3.05, 3.63) is 54.4 Å². The van der Waals surface area contributed by atoms with Crippen LogP contribution in [0.5, 0.6) is 0 Å². The zero-order valence-electron chi connectivity index (χ0n) is 14.0. The van der Waals surface area contributed by atoms with Crippen LogP contribution in [0.1, 0.15) is 32.5 Å². The van der Waals surface area contributed by atoms with Crippen LogP contribution in [0.4, 0.5) is 5.69 Å². The largest absolute Gasteiger partial charge is 0.338 e. The molecule has 1 heterocycles. The zero-order valence-corrected chi connectivity index (χ0v) is 15.6. The first-order chi connectivity index (χ1) is 11.0. The van der Waals surface area contributed by atoms with Gasteiger partial charge in [0.1, 0.15) is 0 Å². The van der Waals surface area contributed by atoms with E-state index < -0.39 is 0 Å². The summed E-state index contributed by atoms with van der Waals surface area (Å²) in [5, 5.41) is 4.08. The maximum atomic E-state index is 5.67. The van der Waals surface area contributed by atoms with Crippen molar-refractivity contribution in [2.45, 2.75) is 37.8 Å². The Morgan fingerprint density at radius 1 is 1.17 bits per heavy atom. The van der Waals surface area contributed by atoms with Gasteiger partial charge in [0.25, 0.3) is 0 Å². The Morgan fingerprint density at radius 3 is 2.57 bits per heavy atom. The van der Waals surface area contributed by atoms with E-state index in [-0.39, 0.29) is 12.1 Å². The number of thioether (sulfide) groups is 1. The van der Waals surface area contributed by atoms with Gasteiger partial charge in [0, 0.05) is 22.8 Å². The van der Waals surface area contributed by atoms with Gasteiger partial charge in [-0.05, 0) is 69.6 Å². The molecule has 0 aliphatic heterocycles. The molecule has 3 nitrogen and oxygen atoms in total. The summed E-state index contributed by atoms with van der Waals surface area (Å²) in [5.41, 5.74) is 2.03. The summed E-state index contributed by atoms with van der Waals surface area (Å²) < 4.78 is 0. The molecule has 1 atom stereocenters. The molecule has 2 rings (SSSR count). The number of benzene rings is 1. The Balaban J connectivity index is 2.18. The van der Waals surface area contributed by atoms with Gasteiger partial charge in [-0.2, -0.15) is 0 Å². The van der Waals surface area contributed by atoms with Gasteiger partial charge in [-0.25, -0.2) is 0 Å². The van der Waals surface area contributed by atoms with E-state index in [9.17, 15) is 0 Å². The third-order valence-electron chi connectivity index (χ3n) is 3.64. The molecule has 0 aliphatic rings. The molecule has 5 heteroatoms. The zero-order chi connectivity index (χ0) is 16.8. The third-order valence-corrected chi connectivity index (χ3v) is 4.68. The number of rotatable bonds is 5. The number of hydrogen-bond acceptors (Lipinski definition) is 3. The highest BCUT2D eigenvalue weighted by molar-refractivity contribution is 7.98. The predicted molar refractivity (Wildman–Crippen MR) is 104 cm³/mol. The van der Waals surface area contributed by atoms with Crippen LogP contribution in [0.3, 0.4) is 0 Å². The van der Waals surface area contributed by atoms with E-state index in [4.69, 9.17) is 12.2 Å². The molecule has 0 saturated carbocycles. The number of hydrogen-bond donors (Lipinski definition) is 1. The fourth-order valence-electron chi connectivity index (χ4n) is 2.51. The van der Waals surface area contributed by atoms with Crippen molar-refractivity contribution < 1.29 is 0 Å². The molecule has 122 valence electrons. The Kier molecular flexibility index (Phi) is 6.42. The topological polar surface area (TPSA) is 28.2 Å². The highest BCUT2D eigenvalue weighted by atomic mass is 32.2.